The van der Waals surface area contributed by atoms with Crippen molar-refractivity contribution in [1.29, 1.82) is 0 Å². The zero-order valence-electron chi connectivity index (χ0n) is 9.32. The van der Waals surface area contributed by atoms with Crippen molar-refractivity contribution < 1.29 is 4.39 Å². The standard InChI is InChI=1S/C13H12ClFN2/c1-9(10-3-2-4-11(14)7-10)17-12-5-6-13(15)16-8-12/h2-9,17H,1H3. The Balaban J connectivity index is 2.11. The molecule has 1 atom stereocenters. The number of rotatable bonds is 3. The maximum absolute atomic E-state index is 12.6. The second kappa shape index (κ2) is 5.15. The van der Waals surface area contributed by atoms with E-state index >= 15 is 0 Å². The van der Waals surface area contributed by atoms with Crippen LogP contribution in [-0.2, 0) is 0 Å². The molecule has 0 bridgehead atoms. The smallest absolute Gasteiger partial charge is 0.212 e. The Kier molecular flexibility index (Phi) is 3.59. The maximum Gasteiger partial charge on any atom is 0.212 e. The van der Waals surface area contributed by atoms with Gasteiger partial charge in [-0.1, -0.05) is 23.7 Å². The first kappa shape index (κ1) is 11.9. The van der Waals surface area contributed by atoms with Crippen LogP contribution in [0.25, 0.3) is 0 Å². The van der Waals surface area contributed by atoms with Gasteiger partial charge in [-0.2, -0.15) is 4.39 Å². The summed E-state index contributed by atoms with van der Waals surface area (Å²) in [5, 5.41) is 3.93. The van der Waals surface area contributed by atoms with Crippen LogP contribution in [0, 0.1) is 5.95 Å². The lowest BCUT2D eigenvalue weighted by Crippen LogP contribution is -2.06. The summed E-state index contributed by atoms with van der Waals surface area (Å²) >= 11 is 5.92. The molecule has 0 fully saturated rings. The Morgan fingerprint density at radius 3 is 2.76 bits per heavy atom. The molecule has 1 unspecified atom stereocenters. The SMILES string of the molecule is CC(Nc1ccc(F)nc1)c1cccc(Cl)c1. The number of hydrogen-bond acceptors (Lipinski definition) is 2. The van der Waals surface area contributed by atoms with Crippen molar-refractivity contribution in [1.82, 2.24) is 4.98 Å². The summed E-state index contributed by atoms with van der Waals surface area (Å²) in [6, 6.07) is 10.7. The van der Waals surface area contributed by atoms with Crippen molar-refractivity contribution in [2.75, 3.05) is 5.32 Å². The molecule has 2 aromatic rings. The molecule has 0 aliphatic carbocycles. The zero-order chi connectivity index (χ0) is 12.3. The van der Waals surface area contributed by atoms with Crippen LogP contribution in [0.2, 0.25) is 5.02 Å². The summed E-state index contributed by atoms with van der Waals surface area (Å²) in [7, 11) is 0. The van der Waals surface area contributed by atoms with E-state index in [0.717, 1.165) is 11.3 Å². The quantitative estimate of drug-likeness (QED) is 0.832. The molecule has 0 saturated carbocycles. The normalized spacial score (nSPS) is 12.2. The van der Waals surface area contributed by atoms with Crippen LogP contribution >= 0.6 is 11.6 Å². The fourth-order valence-electron chi connectivity index (χ4n) is 1.57. The van der Waals surface area contributed by atoms with Crippen molar-refractivity contribution in [3.63, 3.8) is 0 Å². The van der Waals surface area contributed by atoms with Crippen molar-refractivity contribution in [2.24, 2.45) is 0 Å². The molecular formula is C13H12ClFN2. The molecule has 1 N–H and O–H groups in total. The van der Waals surface area contributed by atoms with E-state index in [0.29, 0.717) is 5.02 Å². The van der Waals surface area contributed by atoms with Crippen LogP contribution in [0.3, 0.4) is 0 Å². The van der Waals surface area contributed by atoms with Gasteiger partial charge in [0, 0.05) is 11.1 Å². The molecule has 2 rings (SSSR count). The van der Waals surface area contributed by atoms with E-state index in [4.69, 9.17) is 11.6 Å². The van der Waals surface area contributed by atoms with E-state index in [1.807, 2.05) is 31.2 Å². The lowest BCUT2D eigenvalue weighted by Gasteiger charge is -2.15. The first-order valence-electron chi connectivity index (χ1n) is 5.29. The van der Waals surface area contributed by atoms with Gasteiger partial charge in [0.15, 0.2) is 0 Å². The summed E-state index contributed by atoms with van der Waals surface area (Å²) < 4.78 is 12.6. The Morgan fingerprint density at radius 2 is 2.12 bits per heavy atom. The van der Waals surface area contributed by atoms with Crippen LogP contribution in [0.15, 0.2) is 42.6 Å². The Morgan fingerprint density at radius 1 is 1.29 bits per heavy atom. The van der Waals surface area contributed by atoms with Gasteiger partial charge < -0.3 is 5.32 Å². The number of nitrogens with zero attached hydrogens (tertiary/aromatic N) is 1. The molecule has 4 heteroatoms. The molecule has 88 valence electrons. The lowest BCUT2D eigenvalue weighted by molar-refractivity contribution is 0.584. The second-order valence-corrected chi connectivity index (χ2v) is 4.23. The molecule has 1 heterocycles. The van der Waals surface area contributed by atoms with Gasteiger partial charge in [-0.3, -0.25) is 0 Å². The monoisotopic (exact) mass is 250 g/mol. The first-order chi connectivity index (χ1) is 8.15. The molecule has 2 nitrogen and oxygen atoms in total. The predicted octanol–water partition coefficient (Wildman–Crippen LogP) is 4.05. The molecule has 0 radical (unpaired) electrons. The number of nitrogens with one attached hydrogen (secondary N) is 1. The van der Waals surface area contributed by atoms with E-state index in [1.54, 1.807) is 6.07 Å². The highest BCUT2D eigenvalue weighted by atomic mass is 35.5. The van der Waals surface area contributed by atoms with Crippen molar-refractivity contribution in [2.45, 2.75) is 13.0 Å². The summed E-state index contributed by atoms with van der Waals surface area (Å²) in [4.78, 5) is 3.59. The number of anilines is 1. The third-order valence-corrected chi connectivity index (χ3v) is 2.69. The number of hydrogen-bond donors (Lipinski definition) is 1. The van der Waals surface area contributed by atoms with Gasteiger partial charge in [-0.05, 0) is 36.8 Å². The minimum Gasteiger partial charge on any atom is -0.377 e. The molecule has 0 aliphatic heterocycles. The first-order valence-corrected chi connectivity index (χ1v) is 5.66. The van der Waals surface area contributed by atoms with Gasteiger partial charge in [-0.25, -0.2) is 4.98 Å². The number of benzene rings is 1. The summed E-state index contributed by atoms with van der Waals surface area (Å²) in [6.45, 7) is 2.01. The average Bonchev–Trinajstić information content (AvgIpc) is 2.32. The zero-order valence-corrected chi connectivity index (χ0v) is 10.1. The van der Waals surface area contributed by atoms with Gasteiger partial charge >= 0.3 is 0 Å². The van der Waals surface area contributed by atoms with Crippen LogP contribution in [0.5, 0.6) is 0 Å². The molecule has 1 aromatic heterocycles. The highest BCUT2D eigenvalue weighted by Crippen LogP contribution is 2.21. The van der Waals surface area contributed by atoms with E-state index in [2.05, 4.69) is 10.3 Å². The minimum atomic E-state index is -0.481. The molecule has 17 heavy (non-hydrogen) atoms. The predicted molar refractivity (Wildman–Crippen MR) is 67.7 cm³/mol. The number of aromatic nitrogens is 1. The van der Waals surface area contributed by atoms with Crippen molar-refractivity contribution >= 4 is 17.3 Å². The Hall–Kier alpha value is -1.61. The van der Waals surface area contributed by atoms with E-state index in [9.17, 15) is 4.39 Å². The Labute approximate surface area is 104 Å². The highest BCUT2D eigenvalue weighted by Gasteiger charge is 2.05. The molecule has 0 saturated heterocycles. The third kappa shape index (κ3) is 3.17. The Bertz CT molecular complexity index is 499. The second-order valence-electron chi connectivity index (χ2n) is 3.79. The van der Waals surface area contributed by atoms with Crippen molar-refractivity contribution in [3.8, 4) is 0 Å². The summed E-state index contributed by atoms with van der Waals surface area (Å²) in [5.74, 6) is -0.481. The molecule has 0 aliphatic rings. The van der Waals surface area contributed by atoms with Crippen LogP contribution < -0.4 is 5.32 Å². The van der Waals surface area contributed by atoms with E-state index in [1.165, 1.54) is 12.3 Å². The van der Waals surface area contributed by atoms with Crippen LogP contribution in [-0.4, -0.2) is 4.98 Å². The molecule has 0 spiro atoms. The van der Waals surface area contributed by atoms with E-state index < -0.39 is 5.95 Å². The third-order valence-electron chi connectivity index (χ3n) is 2.46. The van der Waals surface area contributed by atoms with E-state index in [-0.39, 0.29) is 6.04 Å². The lowest BCUT2D eigenvalue weighted by atomic mass is 10.1. The molecular weight excluding hydrogens is 239 g/mol. The molecule has 0 amide bonds. The summed E-state index contributed by atoms with van der Waals surface area (Å²) in [6.07, 6.45) is 1.47. The fraction of sp³-hybridized carbons (Fsp3) is 0.154. The van der Waals surface area contributed by atoms with Crippen LogP contribution in [0.4, 0.5) is 10.1 Å². The maximum atomic E-state index is 12.6. The minimum absolute atomic E-state index is 0.0842. The van der Waals surface area contributed by atoms with Gasteiger partial charge in [0.25, 0.3) is 0 Å². The van der Waals surface area contributed by atoms with Crippen LogP contribution in [0.1, 0.15) is 18.5 Å². The van der Waals surface area contributed by atoms with Crippen molar-refractivity contribution in [3.05, 3.63) is 59.1 Å². The summed E-state index contributed by atoms with van der Waals surface area (Å²) in [5.41, 5.74) is 1.85. The number of halogens is 2. The average molecular weight is 251 g/mol. The number of pyridine rings is 1. The largest absolute Gasteiger partial charge is 0.377 e. The van der Waals surface area contributed by atoms with Gasteiger partial charge in [-0.15, -0.1) is 0 Å². The highest BCUT2D eigenvalue weighted by molar-refractivity contribution is 6.30. The van der Waals surface area contributed by atoms with Gasteiger partial charge in [0.05, 0.1) is 11.9 Å². The van der Waals surface area contributed by atoms with Gasteiger partial charge in [0.1, 0.15) is 0 Å². The fourth-order valence-corrected chi connectivity index (χ4v) is 1.77. The van der Waals surface area contributed by atoms with Gasteiger partial charge in [0.2, 0.25) is 5.95 Å². The topological polar surface area (TPSA) is 24.9 Å². The molecule has 1 aromatic carbocycles.